The molecule has 1 unspecified atom stereocenters. The van der Waals surface area contributed by atoms with E-state index in [1.807, 2.05) is 31.2 Å². The minimum atomic E-state index is -1.03. The second kappa shape index (κ2) is 12.5. The number of benzene rings is 5. The van der Waals surface area contributed by atoms with Crippen LogP contribution in [0.2, 0.25) is 0 Å². The van der Waals surface area contributed by atoms with Gasteiger partial charge in [-0.15, -0.1) is 0 Å². The predicted molar refractivity (Wildman–Crippen MR) is 181 cm³/mol. The number of fused-ring (bicyclic) bond motifs is 1. The Hall–Kier alpha value is -5.21. The molecule has 0 bridgehead atoms. The third-order valence-corrected chi connectivity index (χ3v) is 9.51. The van der Waals surface area contributed by atoms with Crippen molar-refractivity contribution in [1.29, 1.82) is 0 Å². The molecular weight excluding hydrogens is 615 g/mol. The molecular formula is C39H30F2N2O3S. The van der Waals surface area contributed by atoms with Crippen molar-refractivity contribution in [3.63, 3.8) is 0 Å². The highest BCUT2D eigenvalue weighted by molar-refractivity contribution is 7.99. The molecule has 1 aliphatic carbocycles. The van der Waals surface area contributed by atoms with E-state index in [4.69, 9.17) is 0 Å². The standard InChI is InChI=1S/C39H30F2N2O3S/c1-23(24-7-9-27(10-8-24)39(45)46)42-38(44)34-19-29(28-17-30(40)21-31(41)18-28)20-35-37(34)36(22-43(35)32-13-14-32)47-33-15-11-26(12-16-33)25-5-3-2-4-6-25/h2-12,15-23,32H,13-14H2,1H3,(H,42,44)(H,45,46). The predicted octanol–water partition coefficient (Wildman–Crippen LogP) is 9.93. The molecule has 47 heavy (non-hydrogen) atoms. The van der Waals surface area contributed by atoms with Gasteiger partial charge in [-0.3, -0.25) is 4.79 Å². The Balaban J connectivity index is 1.31. The molecule has 7 rings (SSSR count). The summed E-state index contributed by atoms with van der Waals surface area (Å²) >= 11 is 1.57. The zero-order chi connectivity index (χ0) is 32.7. The van der Waals surface area contributed by atoms with E-state index in [9.17, 15) is 23.5 Å². The first kappa shape index (κ1) is 30.4. The van der Waals surface area contributed by atoms with Crippen molar-refractivity contribution in [2.45, 2.75) is 41.6 Å². The number of carboxylic acid groups (broad SMARTS) is 1. The van der Waals surface area contributed by atoms with E-state index in [1.165, 1.54) is 24.3 Å². The lowest BCUT2D eigenvalue weighted by atomic mass is 9.98. The molecule has 1 fully saturated rings. The largest absolute Gasteiger partial charge is 0.478 e. The molecule has 8 heteroatoms. The fourth-order valence-electron chi connectivity index (χ4n) is 5.89. The second-order valence-electron chi connectivity index (χ2n) is 11.8. The number of amides is 1. The van der Waals surface area contributed by atoms with Gasteiger partial charge in [-0.25, -0.2) is 13.6 Å². The molecule has 1 aromatic heterocycles. The van der Waals surface area contributed by atoms with Crippen molar-refractivity contribution < 1.29 is 23.5 Å². The summed E-state index contributed by atoms with van der Waals surface area (Å²) in [5.74, 6) is -2.77. The Morgan fingerprint density at radius 2 is 1.45 bits per heavy atom. The average molecular weight is 645 g/mol. The summed E-state index contributed by atoms with van der Waals surface area (Å²) in [6, 6.07) is 31.6. The molecule has 1 atom stereocenters. The van der Waals surface area contributed by atoms with Crippen LogP contribution >= 0.6 is 11.8 Å². The maximum absolute atomic E-state index is 14.4. The first-order chi connectivity index (χ1) is 22.7. The zero-order valence-electron chi connectivity index (χ0n) is 25.4. The number of hydrogen-bond donors (Lipinski definition) is 2. The third-order valence-electron chi connectivity index (χ3n) is 8.47. The molecule has 0 aliphatic heterocycles. The Bertz CT molecular complexity index is 2100. The van der Waals surface area contributed by atoms with Gasteiger partial charge in [-0.2, -0.15) is 0 Å². The SMILES string of the molecule is CC(NC(=O)c1cc(-c2cc(F)cc(F)c2)cc2c1c(Sc1ccc(-c3ccccc3)cc1)cn2C1CC1)c1ccc(C(=O)O)cc1. The lowest BCUT2D eigenvalue weighted by Crippen LogP contribution is -2.27. The lowest BCUT2D eigenvalue weighted by Gasteiger charge is -2.17. The van der Waals surface area contributed by atoms with Crippen LogP contribution in [0.1, 0.15) is 58.1 Å². The quantitative estimate of drug-likeness (QED) is 0.164. The van der Waals surface area contributed by atoms with Gasteiger partial charge in [0.15, 0.2) is 0 Å². The van der Waals surface area contributed by atoms with Crippen LogP contribution < -0.4 is 5.32 Å². The van der Waals surface area contributed by atoms with Crippen molar-refractivity contribution in [3.8, 4) is 22.3 Å². The number of halogens is 2. The average Bonchev–Trinajstić information content (AvgIpc) is 3.86. The molecule has 6 aromatic rings. The van der Waals surface area contributed by atoms with Gasteiger partial charge in [-0.1, -0.05) is 66.4 Å². The van der Waals surface area contributed by atoms with Gasteiger partial charge in [0.1, 0.15) is 11.6 Å². The molecule has 1 heterocycles. The minimum absolute atomic E-state index is 0.156. The van der Waals surface area contributed by atoms with Gasteiger partial charge in [-0.05, 0) is 96.1 Å². The number of carbonyl (C=O) groups is 2. The highest BCUT2D eigenvalue weighted by atomic mass is 32.2. The first-order valence-corrected chi connectivity index (χ1v) is 16.2. The number of aromatic nitrogens is 1. The molecule has 0 saturated heterocycles. The van der Waals surface area contributed by atoms with Crippen molar-refractivity contribution in [3.05, 3.63) is 144 Å². The van der Waals surface area contributed by atoms with Gasteiger partial charge in [0.2, 0.25) is 0 Å². The summed E-state index contributed by atoms with van der Waals surface area (Å²) in [6.07, 6.45) is 4.09. The number of aromatic carboxylic acids is 1. The van der Waals surface area contributed by atoms with E-state index in [-0.39, 0.29) is 17.5 Å². The minimum Gasteiger partial charge on any atom is -0.478 e. The summed E-state index contributed by atoms with van der Waals surface area (Å²) in [4.78, 5) is 27.4. The molecule has 0 spiro atoms. The Kier molecular flexibility index (Phi) is 8.12. The van der Waals surface area contributed by atoms with E-state index in [1.54, 1.807) is 30.0 Å². The summed E-state index contributed by atoms with van der Waals surface area (Å²) in [6.45, 7) is 1.83. The van der Waals surface area contributed by atoms with Crippen LogP contribution in [0.25, 0.3) is 33.2 Å². The topological polar surface area (TPSA) is 71.3 Å². The maximum atomic E-state index is 14.4. The van der Waals surface area contributed by atoms with Crippen LogP contribution in [0.3, 0.4) is 0 Å². The molecule has 1 saturated carbocycles. The molecule has 5 nitrogen and oxygen atoms in total. The number of carbonyl (C=O) groups excluding carboxylic acids is 1. The molecule has 2 N–H and O–H groups in total. The van der Waals surface area contributed by atoms with Crippen LogP contribution in [0.5, 0.6) is 0 Å². The van der Waals surface area contributed by atoms with Gasteiger partial charge in [0.05, 0.1) is 22.7 Å². The van der Waals surface area contributed by atoms with Crippen LogP contribution in [-0.2, 0) is 0 Å². The lowest BCUT2D eigenvalue weighted by molar-refractivity contribution is 0.0696. The summed E-state index contributed by atoms with van der Waals surface area (Å²) < 4.78 is 30.9. The maximum Gasteiger partial charge on any atom is 0.335 e. The Labute approximate surface area is 274 Å². The van der Waals surface area contributed by atoms with Crippen LogP contribution in [-0.4, -0.2) is 21.6 Å². The molecule has 5 aromatic carbocycles. The highest BCUT2D eigenvalue weighted by Gasteiger charge is 2.29. The van der Waals surface area contributed by atoms with Gasteiger partial charge in [0, 0.05) is 33.5 Å². The van der Waals surface area contributed by atoms with Crippen LogP contribution in [0.4, 0.5) is 8.78 Å². The van der Waals surface area contributed by atoms with Crippen molar-refractivity contribution in [1.82, 2.24) is 9.88 Å². The Morgan fingerprint density at radius 3 is 2.09 bits per heavy atom. The van der Waals surface area contributed by atoms with E-state index in [0.29, 0.717) is 16.7 Å². The Morgan fingerprint density at radius 1 is 0.809 bits per heavy atom. The normalized spacial score (nSPS) is 13.4. The van der Waals surface area contributed by atoms with Crippen molar-refractivity contribution >= 4 is 34.5 Å². The van der Waals surface area contributed by atoms with Gasteiger partial charge >= 0.3 is 5.97 Å². The van der Waals surface area contributed by atoms with Crippen molar-refractivity contribution in [2.75, 3.05) is 0 Å². The fraction of sp³-hybridized carbons (Fsp3) is 0.128. The molecule has 0 radical (unpaired) electrons. The van der Waals surface area contributed by atoms with E-state index < -0.39 is 23.6 Å². The summed E-state index contributed by atoms with van der Waals surface area (Å²) in [5, 5.41) is 13.1. The van der Waals surface area contributed by atoms with Crippen molar-refractivity contribution in [2.24, 2.45) is 0 Å². The van der Waals surface area contributed by atoms with E-state index >= 15 is 0 Å². The summed E-state index contributed by atoms with van der Waals surface area (Å²) in [5.41, 5.74) is 5.21. The van der Waals surface area contributed by atoms with E-state index in [2.05, 4.69) is 52.5 Å². The smallest absolute Gasteiger partial charge is 0.335 e. The zero-order valence-corrected chi connectivity index (χ0v) is 26.2. The summed E-state index contributed by atoms with van der Waals surface area (Å²) in [7, 11) is 0. The highest BCUT2D eigenvalue weighted by Crippen LogP contribution is 2.45. The number of nitrogens with one attached hydrogen (secondary N) is 1. The number of nitrogens with zero attached hydrogens (tertiary/aromatic N) is 1. The van der Waals surface area contributed by atoms with Crippen LogP contribution in [0.15, 0.2) is 125 Å². The second-order valence-corrected chi connectivity index (χ2v) is 12.9. The number of rotatable bonds is 9. The molecule has 1 amide bonds. The van der Waals surface area contributed by atoms with Gasteiger partial charge < -0.3 is 15.0 Å². The van der Waals surface area contributed by atoms with Crippen LogP contribution in [0, 0.1) is 11.6 Å². The number of carboxylic acids is 1. The number of hydrogen-bond acceptors (Lipinski definition) is 3. The molecule has 234 valence electrons. The monoisotopic (exact) mass is 644 g/mol. The third kappa shape index (κ3) is 6.42. The van der Waals surface area contributed by atoms with Gasteiger partial charge in [0.25, 0.3) is 5.91 Å². The molecule has 1 aliphatic rings. The first-order valence-electron chi connectivity index (χ1n) is 15.4. The fourth-order valence-corrected chi connectivity index (χ4v) is 6.90. The van der Waals surface area contributed by atoms with E-state index in [0.717, 1.165) is 56.3 Å².